The van der Waals surface area contributed by atoms with E-state index in [1.54, 1.807) is 7.11 Å². The average Bonchev–Trinajstić information content (AvgIpc) is 3.25. The zero-order chi connectivity index (χ0) is 17.6. The van der Waals surface area contributed by atoms with E-state index in [-0.39, 0.29) is 11.9 Å². The van der Waals surface area contributed by atoms with Gasteiger partial charge in [-0.05, 0) is 43.5 Å². The second kappa shape index (κ2) is 8.40. The molecule has 6 nitrogen and oxygen atoms in total. The van der Waals surface area contributed by atoms with Crippen LogP contribution in [0, 0.1) is 0 Å². The van der Waals surface area contributed by atoms with Crippen molar-refractivity contribution in [2.24, 2.45) is 0 Å². The van der Waals surface area contributed by atoms with Gasteiger partial charge >= 0.3 is 0 Å². The number of anilines is 1. The van der Waals surface area contributed by atoms with Crippen molar-refractivity contribution in [3.05, 3.63) is 34.8 Å². The van der Waals surface area contributed by atoms with E-state index in [4.69, 9.17) is 4.74 Å². The third kappa shape index (κ3) is 4.55. The molecule has 1 aromatic heterocycles. The zero-order valence-corrected chi connectivity index (χ0v) is 15.5. The number of benzene rings is 1. The largest absolute Gasteiger partial charge is 0.497 e. The lowest BCUT2D eigenvalue weighted by Gasteiger charge is -2.24. The first-order chi connectivity index (χ1) is 12.2. The minimum absolute atomic E-state index is 0.0333. The van der Waals surface area contributed by atoms with Crippen LogP contribution in [0.25, 0.3) is 0 Å². The molecule has 7 heteroatoms. The summed E-state index contributed by atoms with van der Waals surface area (Å²) in [6.07, 6.45) is 4.07. The minimum Gasteiger partial charge on any atom is -0.497 e. The Morgan fingerprint density at radius 2 is 2.32 bits per heavy atom. The van der Waals surface area contributed by atoms with Crippen LogP contribution in [0.2, 0.25) is 0 Å². The van der Waals surface area contributed by atoms with Crippen LogP contribution in [-0.2, 0) is 11.2 Å². The highest BCUT2D eigenvalue weighted by Gasteiger charge is 2.28. The molecule has 1 N–H and O–H groups in total. The first-order valence-corrected chi connectivity index (χ1v) is 9.51. The van der Waals surface area contributed by atoms with Crippen LogP contribution in [0.4, 0.5) is 5.13 Å². The molecule has 0 aliphatic carbocycles. The number of aromatic nitrogens is 2. The number of amides is 1. The maximum absolute atomic E-state index is 12.4. The third-order valence-corrected chi connectivity index (χ3v) is 5.26. The van der Waals surface area contributed by atoms with Gasteiger partial charge in [0.25, 0.3) is 0 Å². The Hall–Kier alpha value is -1.99. The molecule has 1 aliphatic heterocycles. The van der Waals surface area contributed by atoms with Crippen LogP contribution in [-0.4, -0.2) is 41.2 Å². The number of carbonyl (C=O) groups excluding carboxylic acids is 1. The van der Waals surface area contributed by atoms with Crippen LogP contribution in [0.15, 0.2) is 24.3 Å². The first kappa shape index (κ1) is 17.8. The predicted octanol–water partition coefficient (Wildman–Crippen LogP) is 3.27. The lowest BCUT2D eigenvalue weighted by molar-refractivity contribution is -0.117. The lowest BCUT2D eigenvalue weighted by atomic mass is 10.0. The molecular weight excluding hydrogens is 336 g/mol. The summed E-state index contributed by atoms with van der Waals surface area (Å²) in [6.45, 7) is 3.39. The average molecular weight is 360 g/mol. The molecule has 0 bridgehead atoms. The summed E-state index contributed by atoms with van der Waals surface area (Å²) < 4.78 is 5.32. The molecule has 25 heavy (non-hydrogen) atoms. The fourth-order valence-corrected chi connectivity index (χ4v) is 4.06. The molecule has 1 amide bonds. The standard InChI is InChI=1S/C18H24N4O2S/c1-3-6-17-20-21-18(25-17)19-16(23)12-22-10-5-9-15(22)13-7-4-8-14(11-13)24-2/h4,7-8,11,15H,3,5-6,9-10,12H2,1-2H3,(H,19,21,23). The van der Waals surface area contributed by atoms with Gasteiger partial charge in [-0.2, -0.15) is 0 Å². The summed E-state index contributed by atoms with van der Waals surface area (Å²) in [7, 11) is 1.67. The molecule has 0 saturated carbocycles. The van der Waals surface area contributed by atoms with Crippen LogP contribution >= 0.6 is 11.3 Å². The van der Waals surface area contributed by atoms with Crippen LogP contribution in [0.3, 0.4) is 0 Å². The second-order valence-corrected chi connectivity index (χ2v) is 7.27. The van der Waals surface area contributed by atoms with Crippen LogP contribution in [0.1, 0.15) is 42.8 Å². The van der Waals surface area contributed by atoms with E-state index in [1.807, 2.05) is 12.1 Å². The summed E-state index contributed by atoms with van der Waals surface area (Å²) in [5, 5.41) is 12.6. The molecule has 1 aromatic carbocycles. The van der Waals surface area contributed by atoms with E-state index < -0.39 is 0 Å². The third-order valence-electron chi connectivity index (χ3n) is 4.37. The Labute approximate surface area is 152 Å². The van der Waals surface area contributed by atoms with E-state index in [9.17, 15) is 4.79 Å². The van der Waals surface area contributed by atoms with E-state index in [1.165, 1.54) is 16.9 Å². The summed E-state index contributed by atoms with van der Waals surface area (Å²) in [5.74, 6) is 0.820. The number of methoxy groups -OCH3 is 1. The molecular formula is C18H24N4O2S. The molecule has 1 unspecified atom stereocenters. The predicted molar refractivity (Wildman–Crippen MR) is 99.1 cm³/mol. The smallest absolute Gasteiger partial charge is 0.240 e. The number of nitrogens with zero attached hydrogens (tertiary/aromatic N) is 3. The van der Waals surface area contributed by atoms with Crippen molar-refractivity contribution in [3.8, 4) is 5.75 Å². The van der Waals surface area contributed by atoms with Crippen molar-refractivity contribution < 1.29 is 9.53 Å². The van der Waals surface area contributed by atoms with Crippen LogP contribution in [0.5, 0.6) is 5.75 Å². The molecule has 2 heterocycles. The second-order valence-electron chi connectivity index (χ2n) is 6.20. The molecule has 1 atom stereocenters. The van der Waals surface area contributed by atoms with Crippen LogP contribution < -0.4 is 10.1 Å². The van der Waals surface area contributed by atoms with Gasteiger partial charge in [0.2, 0.25) is 11.0 Å². The first-order valence-electron chi connectivity index (χ1n) is 8.70. The number of likely N-dealkylation sites (tertiary alicyclic amines) is 1. The molecule has 1 fully saturated rings. The number of carbonyl (C=O) groups is 1. The highest BCUT2D eigenvalue weighted by atomic mass is 32.1. The summed E-state index contributed by atoms with van der Waals surface area (Å²) in [4.78, 5) is 14.6. The zero-order valence-electron chi connectivity index (χ0n) is 14.7. The number of nitrogens with one attached hydrogen (secondary N) is 1. The minimum atomic E-state index is -0.0333. The van der Waals surface area contributed by atoms with Gasteiger partial charge in [-0.3, -0.25) is 15.0 Å². The topological polar surface area (TPSA) is 67.4 Å². The van der Waals surface area contributed by atoms with Gasteiger partial charge in [0.15, 0.2) is 0 Å². The quantitative estimate of drug-likeness (QED) is 0.821. The van der Waals surface area contributed by atoms with Crippen molar-refractivity contribution in [2.45, 2.75) is 38.6 Å². The Morgan fingerprint density at radius 3 is 3.12 bits per heavy atom. The Bertz CT molecular complexity index is 719. The van der Waals surface area contributed by atoms with Gasteiger partial charge in [0.05, 0.1) is 13.7 Å². The summed E-state index contributed by atoms with van der Waals surface area (Å²) in [5.41, 5.74) is 1.20. The Morgan fingerprint density at radius 1 is 1.44 bits per heavy atom. The number of aryl methyl sites for hydroxylation is 1. The van der Waals surface area contributed by atoms with Crippen molar-refractivity contribution in [2.75, 3.05) is 25.5 Å². The van der Waals surface area contributed by atoms with Crippen molar-refractivity contribution in [1.29, 1.82) is 0 Å². The number of ether oxygens (including phenoxy) is 1. The Kier molecular flexibility index (Phi) is 5.99. The molecule has 0 spiro atoms. The summed E-state index contributed by atoms with van der Waals surface area (Å²) >= 11 is 1.46. The summed E-state index contributed by atoms with van der Waals surface area (Å²) in [6, 6.07) is 8.36. The molecule has 3 rings (SSSR count). The molecule has 1 aliphatic rings. The SMILES string of the molecule is CCCc1nnc(NC(=O)CN2CCCC2c2cccc(OC)c2)s1. The molecule has 134 valence electrons. The fourth-order valence-electron chi connectivity index (χ4n) is 3.20. The van der Waals surface area contributed by atoms with Gasteiger partial charge < -0.3 is 4.74 Å². The normalized spacial score (nSPS) is 17.6. The maximum atomic E-state index is 12.4. The van der Waals surface area contributed by atoms with E-state index in [2.05, 4.69) is 39.5 Å². The van der Waals surface area contributed by atoms with E-state index >= 15 is 0 Å². The fraction of sp³-hybridized carbons (Fsp3) is 0.500. The molecule has 0 radical (unpaired) electrons. The number of rotatable bonds is 7. The lowest BCUT2D eigenvalue weighted by Crippen LogP contribution is -2.32. The van der Waals surface area contributed by atoms with Gasteiger partial charge in [-0.1, -0.05) is 30.4 Å². The van der Waals surface area contributed by atoms with Crippen molar-refractivity contribution in [1.82, 2.24) is 15.1 Å². The van der Waals surface area contributed by atoms with E-state index in [0.29, 0.717) is 11.7 Å². The van der Waals surface area contributed by atoms with E-state index in [0.717, 1.165) is 43.0 Å². The highest BCUT2D eigenvalue weighted by Crippen LogP contribution is 2.33. The Balaban J connectivity index is 1.61. The number of hydrogen-bond donors (Lipinski definition) is 1. The maximum Gasteiger partial charge on any atom is 0.240 e. The monoisotopic (exact) mass is 360 g/mol. The van der Waals surface area contributed by atoms with Gasteiger partial charge in [0.1, 0.15) is 10.8 Å². The number of hydrogen-bond acceptors (Lipinski definition) is 6. The van der Waals surface area contributed by atoms with Crippen molar-refractivity contribution >= 4 is 22.4 Å². The van der Waals surface area contributed by atoms with Gasteiger partial charge in [-0.25, -0.2) is 0 Å². The van der Waals surface area contributed by atoms with Crippen molar-refractivity contribution in [3.63, 3.8) is 0 Å². The highest BCUT2D eigenvalue weighted by molar-refractivity contribution is 7.15. The van der Waals surface area contributed by atoms with Gasteiger partial charge in [-0.15, -0.1) is 10.2 Å². The van der Waals surface area contributed by atoms with Gasteiger partial charge in [0, 0.05) is 12.5 Å². The molecule has 2 aromatic rings. The molecule has 1 saturated heterocycles.